The second-order valence-corrected chi connectivity index (χ2v) is 11.6. The van der Waals surface area contributed by atoms with Crippen LogP contribution in [0.1, 0.15) is 56.8 Å². The van der Waals surface area contributed by atoms with Crippen molar-refractivity contribution in [1.29, 1.82) is 0 Å². The molecule has 8 nitrogen and oxygen atoms in total. The van der Waals surface area contributed by atoms with Gasteiger partial charge in [0.2, 0.25) is 5.95 Å². The summed E-state index contributed by atoms with van der Waals surface area (Å²) in [5.74, 6) is -0.172. The Morgan fingerprint density at radius 1 is 1.04 bits per heavy atom. The highest BCUT2D eigenvalue weighted by atomic mass is 19.4. The maximum absolute atomic E-state index is 13.2. The second-order valence-electron chi connectivity index (χ2n) is 11.6. The highest BCUT2D eigenvalue weighted by Crippen LogP contribution is 2.44. The van der Waals surface area contributed by atoms with Crippen LogP contribution in [0.4, 0.5) is 38.0 Å². The molecule has 0 spiro atoms. The summed E-state index contributed by atoms with van der Waals surface area (Å²) in [6, 6.07) is 12.7. The van der Waals surface area contributed by atoms with Crippen LogP contribution in [0.15, 0.2) is 60.8 Å². The first-order chi connectivity index (χ1) is 21.2. The van der Waals surface area contributed by atoms with Gasteiger partial charge in [-0.2, -0.15) is 13.2 Å². The van der Waals surface area contributed by atoms with Crippen molar-refractivity contribution >= 4 is 28.6 Å². The van der Waals surface area contributed by atoms with Crippen molar-refractivity contribution < 1.29 is 40.6 Å². The van der Waals surface area contributed by atoms with Gasteiger partial charge in [-0.1, -0.05) is 20.3 Å². The summed E-state index contributed by atoms with van der Waals surface area (Å²) in [6.07, 6.45) is -4.29. The van der Waals surface area contributed by atoms with Crippen molar-refractivity contribution in [3.8, 4) is 11.5 Å². The van der Waals surface area contributed by atoms with Crippen molar-refractivity contribution in [2.75, 3.05) is 11.9 Å². The number of benzene rings is 2. The Labute approximate surface area is 254 Å². The second kappa shape index (κ2) is 12.5. The number of nitrogens with zero attached hydrogens (tertiary/aromatic N) is 3. The summed E-state index contributed by atoms with van der Waals surface area (Å²) in [7, 11) is 0. The van der Waals surface area contributed by atoms with E-state index in [1.165, 1.54) is 36.5 Å². The molecule has 2 heterocycles. The summed E-state index contributed by atoms with van der Waals surface area (Å²) in [4.78, 5) is 20.9. The fourth-order valence-corrected chi connectivity index (χ4v) is 5.59. The minimum absolute atomic E-state index is 0.0971. The van der Waals surface area contributed by atoms with Crippen molar-refractivity contribution in [2.45, 2.75) is 64.7 Å². The van der Waals surface area contributed by atoms with E-state index >= 15 is 0 Å². The van der Waals surface area contributed by atoms with E-state index < -0.39 is 37.2 Å². The van der Waals surface area contributed by atoms with Gasteiger partial charge in [0.1, 0.15) is 11.5 Å². The molecule has 1 aliphatic carbocycles. The number of carbonyl (C=O) groups excluding carboxylic acids is 1. The molecule has 5 rings (SSSR count). The Morgan fingerprint density at radius 2 is 1.78 bits per heavy atom. The van der Waals surface area contributed by atoms with Gasteiger partial charge >= 0.3 is 12.5 Å². The predicted molar refractivity (Wildman–Crippen MR) is 154 cm³/mol. The van der Waals surface area contributed by atoms with Crippen molar-refractivity contribution in [3.63, 3.8) is 0 Å². The molecule has 0 aliphatic heterocycles. The number of anilines is 2. The van der Waals surface area contributed by atoms with Crippen molar-refractivity contribution in [2.24, 2.45) is 5.41 Å². The number of pyridine rings is 1. The lowest BCUT2D eigenvalue weighted by Crippen LogP contribution is -2.29. The fraction of sp³-hybridized carbons (Fsp3) is 0.387. The standard InChI is InChI=1S/C31H31F6N5O3/c1-29(2)13-3-5-20(16-29)42-26-12-11-22(44-18-27(43)39-17-25-23(30(32,33)34)6-4-14-38-25)15-24(26)41-28(42)40-19-7-9-21(10-8-19)45-31(35,36)37/h4,6-12,14-15,20H,3,5,13,16-18H2,1-2H3,(H,39,43)(H,40,41). The maximum atomic E-state index is 13.2. The zero-order valence-electron chi connectivity index (χ0n) is 24.4. The van der Waals surface area contributed by atoms with Crippen LogP contribution in [-0.2, 0) is 17.5 Å². The van der Waals surface area contributed by atoms with Crippen LogP contribution in [0, 0.1) is 5.41 Å². The van der Waals surface area contributed by atoms with Crippen LogP contribution in [0.25, 0.3) is 11.0 Å². The topological polar surface area (TPSA) is 90.3 Å². The van der Waals surface area contributed by atoms with E-state index in [0.29, 0.717) is 22.9 Å². The number of halogens is 6. The molecule has 1 atom stereocenters. The zero-order valence-corrected chi connectivity index (χ0v) is 24.4. The SMILES string of the molecule is CC1(C)CCCC(n2c(Nc3ccc(OC(F)(F)F)cc3)nc3cc(OCC(=O)NCc4ncccc4C(F)(F)F)ccc32)C1. The molecule has 0 bridgehead atoms. The molecule has 2 aromatic heterocycles. The van der Waals surface area contributed by atoms with Crippen LogP contribution in [0.2, 0.25) is 0 Å². The number of hydrogen-bond acceptors (Lipinski definition) is 6. The van der Waals surface area contributed by atoms with E-state index in [1.54, 1.807) is 12.1 Å². The average molecular weight is 636 g/mol. The molecular formula is C31H31F6N5O3. The number of aromatic nitrogens is 3. The molecule has 1 unspecified atom stereocenters. The highest BCUT2D eigenvalue weighted by Gasteiger charge is 2.34. The highest BCUT2D eigenvalue weighted by molar-refractivity contribution is 5.82. The van der Waals surface area contributed by atoms with Crippen LogP contribution in [0.3, 0.4) is 0 Å². The van der Waals surface area contributed by atoms with Gasteiger partial charge in [-0.05, 0) is 73.2 Å². The van der Waals surface area contributed by atoms with Gasteiger partial charge in [-0.3, -0.25) is 9.78 Å². The maximum Gasteiger partial charge on any atom is 0.573 e. The Balaban J connectivity index is 1.33. The molecule has 14 heteroatoms. The van der Waals surface area contributed by atoms with Crippen LogP contribution < -0.4 is 20.1 Å². The molecule has 1 aliphatic rings. The number of carbonyl (C=O) groups is 1. The normalized spacial score (nSPS) is 16.8. The van der Waals surface area contributed by atoms with E-state index in [2.05, 4.69) is 38.8 Å². The third-order valence-corrected chi connectivity index (χ3v) is 7.57. The quantitative estimate of drug-likeness (QED) is 0.182. The van der Waals surface area contributed by atoms with Gasteiger partial charge in [0, 0.05) is 24.0 Å². The third kappa shape index (κ3) is 8.17. The number of nitrogens with one attached hydrogen (secondary N) is 2. The van der Waals surface area contributed by atoms with Gasteiger partial charge in [0.15, 0.2) is 6.61 Å². The lowest BCUT2D eigenvalue weighted by Gasteiger charge is -2.36. The first-order valence-corrected chi connectivity index (χ1v) is 14.2. The molecule has 4 aromatic rings. The fourth-order valence-electron chi connectivity index (χ4n) is 5.59. The molecule has 2 N–H and O–H groups in total. The first kappa shape index (κ1) is 31.9. The van der Waals surface area contributed by atoms with Gasteiger partial charge < -0.3 is 24.7 Å². The number of ether oxygens (including phenoxy) is 2. The Morgan fingerprint density at radius 3 is 2.47 bits per heavy atom. The molecule has 1 saturated carbocycles. The van der Waals surface area contributed by atoms with Crippen molar-refractivity contribution in [1.82, 2.24) is 19.9 Å². The van der Waals surface area contributed by atoms with Gasteiger partial charge in [-0.15, -0.1) is 13.2 Å². The molecule has 0 radical (unpaired) electrons. The first-order valence-electron chi connectivity index (χ1n) is 14.2. The Bertz CT molecular complexity index is 1650. The third-order valence-electron chi connectivity index (χ3n) is 7.57. The average Bonchev–Trinajstić information content (AvgIpc) is 3.31. The van der Waals surface area contributed by atoms with Gasteiger partial charge in [0.05, 0.1) is 28.8 Å². The number of imidazole rings is 1. The number of amides is 1. The number of fused-ring (bicyclic) bond motifs is 1. The Hall–Kier alpha value is -4.49. The smallest absolute Gasteiger partial charge is 0.484 e. The predicted octanol–water partition coefficient (Wildman–Crippen LogP) is 7.93. The minimum atomic E-state index is -4.80. The number of rotatable bonds is 9. The summed E-state index contributed by atoms with van der Waals surface area (Å²) >= 11 is 0. The summed E-state index contributed by atoms with van der Waals surface area (Å²) in [5, 5.41) is 5.62. The Kier molecular flexibility index (Phi) is 8.86. The zero-order chi connectivity index (χ0) is 32.4. The van der Waals surface area contributed by atoms with E-state index in [-0.39, 0.29) is 22.9 Å². The van der Waals surface area contributed by atoms with Gasteiger partial charge in [-0.25, -0.2) is 4.98 Å². The molecule has 1 amide bonds. The molecule has 0 saturated heterocycles. The molecule has 1 fully saturated rings. The van der Waals surface area contributed by atoms with E-state index in [1.807, 2.05) is 6.07 Å². The monoisotopic (exact) mass is 635 g/mol. The van der Waals surface area contributed by atoms with Crippen LogP contribution in [-0.4, -0.2) is 33.4 Å². The largest absolute Gasteiger partial charge is 0.573 e. The molecule has 2 aromatic carbocycles. The van der Waals surface area contributed by atoms with Crippen molar-refractivity contribution in [3.05, 3.63) is 72.1 Å². The summed E-state index contributed by atoms with van der Waals surface area (Å²) in [5.41, 5.74) is 0.719. The van der Waals surface area contributed by atoms with Crippen LogP contribution >= 0.6 is 0 Å². The van der Waals surface area contributed by atoms with E-state index in [4.69, 9.17) is 9.72 Å². The van der Waals surface area contributed by atoms with Crippen LogP contribution in [0.5, 0.6) is 11.5 Å². The molecular weight excluding hydrogens is 604 g/mol. The van der Waals surface area contributed by atoms with E-state index in [9.17, 15) is 31.1 Å². The number of alkyl halides is 6. The summed E-state index contributed by atoms with van der Waals surface area (Å²) in [6.45, 7) is 3.55. The summed E-state index contributed by atoms with van der Waals surface area (Å²) < 4.78 is 89.1. The van der Waals surface area contributed by atoms with E-state index in [0.717, 1.165) is 37.3 Å². The minimum Gasteiger partial charge on any atom is -0.484 e. The van der Waals surface area contributed by atoms with Gasteiger partial charge in [0.25, 0.3) is 5.91 Å². The number of hydrogen-bond donors (Lipinski definition) is 2. The lowest BCUT2D eigenvalue weighted by molar-refractivity contribution is -0.274. The molecule has 45 heavy (non-hydrogen) atoms. The lowest BCUT2D eigenvalue weighted by atomic mass is 9.75. The molecule has 240 valence electrons.